The molecule has 0 atom stereocenters. The van der Waals surface area contributed by atoms with Crippen LogP contribution in [0.3, 0.4) is 0 Å². The van der Waals surface area contributed by atoms with E-state index >= 15 is 0 Å². The molecule has 4 rings (SSSR count). The zero-order valence-electron chi connectivity index (χ0n) is 14.0. The molecule has 0 saturated heterocycles. The molecule has 8 heteroatoms. The van der Waals surface area contributed by atoms with E-state index in [4.69, 9.17) is 0 Å². The topological polar surface area (TPSA) is 72.7 Å². The van der Waals surface area contributed by atoms with Gasteiger partial charge in [-0.05, 0) is 52.4 Å². The molecule has 6 nitrogen and oxygen atoms in total. The van der Waals surface area contributed by atoms with E-state index in [1.54, 1.807) is 23.1 Å². The second-order valence-electron chi connectivity index (χ2n) is 5.79. The third-order valence-electron chi connectivity index (χ3n) is 3.89. The summed E-state index contributed by atoms with van der Waals surface area (Å²) in [5, 5.41) is 9.47. The maximum absolute atomic E-state index is 12.5. The number of hydrogen-bond acceptors (Lipinski definition) is 5. The molecule has 0 aliphatic heterocycles. The fraction of sp³-hybridized carbons (Fsp3) is 0.0526. The molecule has 4 aromatic rings. The van der Waals surface area contributed by atoms with Crippen molar-refractivity contribution in [3.05, 3.63) is 81.3 Å². The molecule has 0 saturated carbocycles. The second kappa shape index (κ2) is 7.97. The fourth-order valence-electron chi connectivity index (χ4n) is 2.52. The molecule has 0 fully saturated rings. The Morgan fingerprint density at radius 3 is 2.59 bits per heavy atom. The minimum Gasteiger partial charge on any atom is -0.298 e. The van der Waals surface area contributed by atoms with Crippen LogP contribution >= 0.6 is 33.9 Å². The van der Waals surface area contributed by atoms with Crippen LogP contribution in [0.2, 0.25) is 0 Å². The zero-order valence-corrected chi connectivity index (χ0v) is 17.0. The molecule has 0 spiro atoms. The monoisotopic (exact) mass is 487 g/mol. The van der Waals surface area contributed by atoms with E-state index < -0.39 is 0 Å². The van der Waals surface area contributed by atoms with Gasteiger partial charge in [0.2, 0.25) is 0 Å². The summed E-state index contributed by atoms with van der Waals surface area (Å²) in [4.78, 5) is 20.9. The summed E-state index contributed by atoms with van der Waals surface area (Å²) in [6.45, 7) is 0.619. The Balaban J connectivity index is 1.42. The predicted molar refractivity (Wildman–Crippen MR) is 114 cm³/mol. The number of carbonyl (C=O) groups is 1. The van der Waals surface area contributed by atoms with Gasteiger partial charge in [-0.2, -0.15) is 5.10 Å². The van der Waals surface area contributed by atoms with E-state index in [2.05, 4.69) is 43.0 Å². The normalized spacial score (nSPS) is 10.7. The van der Waals surface area contributed by atoms with Crippen molar-refractivity contribution in [2.24, 2.45) is 0 Å². The molecule has 0 radical (unpaired) electrons. The van der Waals surface area contributed by atoms with Crippen LogP contribution in [-0.4, -0.2) is 25.7 Å². The van der Waals surface area contributed by atoms with Crippen LogP contribution in [0.15, 0.2) is 66.6 Å². The van der Waals surface area contributed by atoms with Crippen molar-refractivity contribution in [3.8, 4) is 11.3 Å². The van der Waals surface area contributed by atoms with Crippen LogP contribution in [0.25, 0.3) is 11.3 Å². The molecule has 1 N–H and O–H groups in total. The predicted octanol–water partition coefficient (Wildman–Crippen LogP) is 4.31. The lowest BCUT2D eigenvalue weighted by atomic mass is 10.1. The van der Waals surface area contributed by atoms with Crippen LogP contribution in [0.5, 0.6) is 0 Å². The van der Waals surface area contributed by atoms with Crippen molar-refractivity contribution in [1.29, 1.82) is 0 Å². The summed E-state index contributed by atoms with van der Waals surface area (Å²) >= 11 is 3.68. The van der Waals surface area contributed by atoms with Gasteiger partial charge >= 0.3 is 0 Å². The van der Waals surface area contributed by atoms with Gasteiger partial charge in [0.05, 0.1) is 12.2 Å². The van der Waals surface area contributed by atoms with Gasteiger partial charge in [0.15, 0.2) is 5.13 Å². The lowest BCUT2D eigenvalue weighted by Gasteiger charge is -2.04. The van der Waals surface area contributed by atoms with Crippen molar-refractivity contribution >= 4 is 45.0 Å². The highest BCUT2D eigenvalue weighted by Gasteiger charge is 2.10. The van der Waals surface area contributed by atoms with Gasteiger partial charge in [0, 0.05) is 20.1 Å². The maximum Gasteiger partial charge on any atom is 0.257 e. The molecule has 2 aromatic carbocycles. The number of hydrogen-bond donors (Lipinski definition) is 1. The number of nitrogens with one attached hydrogen (secondary N) is 1. The molecule has 0 bridgehead atoms. The lowest BCUT2D eigenvalue weighted by molar-refractivity contribution is 0.102. The van der Waals surface area contributed by atoms with Gasteiger partial charge in [0.25, 0.3) is 5.91 Å². The van der Waals surface area contributed by atoms with E-state index in [1.165, 1.54) is 21.2 Å². The molecule has 0 aliphatic rings. The summed E-state index contributed by atoms with van der Waals surface area (Å²) in [7, 11) is 0. The number of halogens is 1. The summed E-state index contributed by atoms with van der Waals surface area (Å²) in [6, 6.07) is 15.5. The van der Waals surface area contributed by atoms with E-state index in [0.29, 0.717) is 17.2 Å². The van der Waals surface area contributed by atoms with Gasteiger partial charge in [-0.1, -0.05) is 24.3 Å². The van der Waals surface area contributed by atoms with Crippen molar-refractivity contribution in [2.45, 2.75) is 6.54 Å². The van der Waals surface area contributed by atoms with Gasteiger partial charge in [-0.3, -0.25) is 10.1 Å². The van der Waals surface area contributed by atoms with Gasteiger partial charge in [0.1, 0.15) is 12.7 Å². The van der Waals surface area contributed by atoms with Crippen LogP contribution in [0.1, 0.15) is 15.9 Å². The number of benzene rings is 2. The first-order valence-electron chi connectivity index (χ1n) is 8.11. The maximum atomic E-state index is 12.5. The average molecular weight is 487 g/mol. The largest absolute Gasteiger partial charge is 0.298 e. The molecule has 2 heterocycles. The molecule has 0 aliphatic carbocycles. The Morgan fingerprint density at radius 2 is 1.89 bits per heavy atom. The standard InChI is InChI=1S/C19H14IN5OS/c20-16-7-5-14(6-8-16)17-10-27-19(23-17)24-18(26)15-3-1-13(2-4-15)9-25-12-21-11-22-25/h1-8,10-12H,9H2,(H,23,24,26). The average Bonchev–Trinajstić information content (AvgIpc) is 3.35. The number of nitrogens with zero attached hydrogens (tertiary/aromatic N) is 4. The van der Waals surface area contributed by atoms with Crippen LogP contribution < -0.4 is 5.32 Å². The number of carbonyl (C=O) groups excluding carboxylic acids is 1. The quantitative estimate of drug-likeness (QED) is 0.426. The minimum atomic E-state index is -0.175. The Kier molecular flexibility index (Phi) is 5.26. The van der Waals surface area contributed by atoms with Crippen molar-refractivity contribution in [1.82, 2.24) is 19.7 Å². The van der Waals surface area contributed by atoms with Crippen LogP contribution in [0, 0.1) is 3.57 Å². The SMILES string of the molecule is O=C(Nc1nc(-c2ccc(I)cc2)cs1)c1ccc(Cn2cncn2)cc1. The third-order valence-corrected chi connectivity index (χ3v) is 5.37. The lowest BCUT2D eigenvalue weighted by Crippen LogP contribution is -2.11. The molecule has 2 aromatic heterocycles. The van der Waals surface area contributed by atoms with Crippen LogP contribution in [-0.2, 0) is 6.54 Å². The number of thiazole rings is 1. The number of aromatic nitrogens is 4. The molecular formula is C19H14IN5OS. The summed E-state index contributed by atoms with van der Waals surface area (Å²) in [6.07, 6.45) is 3.16. The molecular weight excluding hydrogens is 473 g/mol. The second-order valence-corrected chi connectivity index (χ2v) is 7.89. The highest BCUT2D eigenvalue weighted by Crippen LogP contribution is 2.25. The Hall–Kier alpha value is -2.59. The molecule has 1 amide bonds. The van der Waals surface area contributed by atoms with Crippen molar-refractivity contribution in [2.75, 3.05) is 5.32 Å². The molecule has 0 unspecified atom stereocenters. The Morgan fingerprint density at radius 1 is 1.11 bits per heavy atom. The first kappa shape index (κ1) is 17.8. The van der Waals surface area contributed by atoms with E-state index in [9.17, 15) is 4.79 Å². The highest BCUT2D eigenvalue weighted by molar-refractivity contribution is 14.1. The van der Waals surface area contributed by atoms with Crippen molar-refractivity contribution in [3.63, 3.8) is 0 Å². The van der Waals surface area contributed by atoms with Gasteiger partial charge in [-0.15, -0.1) is 11.3 Å². The van der Waals surface area contributed by atoms with Crippen LogP contribution in [0.4, 0.5) is 5.13 Å². The Bertz CT molecular complexity index is 1040. The third kappa shape index (κ3) is 4.40. The smallest absolute Gasteiger partial charge is 0.257 e. The minimum absolute atomic E-state index is 0.175. The summed E-state index contributed by atoms with van der Waals surface area (Å²) in [5.74, 6) is -0.175. The molecule has 134 valence electrons. The van der Waals surface area contributed by atoms with Crippen molar-refractivity contribution < 1.29 is 4.79 Å². The Labute approximate surface area is 173 Å². The number of amides is 1. The number of rotatable bonds is 5. The molecule has 27 heavy (non-hydrogen) atoms. The van der Waals surface area contributed by atoms with E-state index in [1.807, 2.05) is 41.8 Å². The van der Waals surface area contributed by atoms with E-state index in [-0.39, 0.29) is 5.91 Å². The summed E-state index contributed by atoms with van der Waals surface area (Å²) < 4.78 is 2.91. The fourth-order valence-corrected chi connectivity index (χ4v) is 3.59. The first-order valence-corrected chi connectivity index (χ1v) is 10.1. The number of anilines is 1. The highest BCUT2D eigenvalue weighted by atomic mass is 127. The van der Waals surface area contributed by atoms with Gasteiger partial charge < -0.3 is 0 Å². The summed E-state index contributed by atoms with van der Waals surface area (Å²) in [5.41, 5.74) is 3.52. The zero-order chi connectivity index (χ0) is 18.6. The van der Waals surface area contributed by atoms with E-state index in [0.717, 1.165) is 16.8 Å². The first-order chi connectivity index (χ1) is 13.2. The van der Waals surface area contributed by atoms with Gasteiger partial charge in [-0.25, -0.2) is 14.6 Å².